The first-order chi connectivity index (χ1) is 8.01. The molecule has 0 saturated carbocycles. The van der Waals surface area contributed by atoms with Crippen LogP contribution >= 0.6 is 0 Å². The number of hydrogen-bond donors (Lipinski definition) is 2. The van der Waals surface area contributed by atoms with Gasteiger partial charge in [-0.1, -0.05) is 0 Å². The number of carbonyl (C=O) groups is 2. The summed E-state index contributed by atoms with van der Waals surface area (Å²) in [7, 11) is 0. The summed E-state index contributed by atoms with van der Waals surface area (Å²) >= 11 is 0. The second kappa shape index (κ2) is 4.08. The molecule has 2 amide bonds. The maximum atomic E-state index is 11.9. The Hall–Kier alpha value is -2.05. The highest BCUT2D eigenvalue weighted by Crippen LogP contribution is 2.19. The molecule has 17 heavy (non-hydrogen) atoms. The topological polar surface area (TPSA) is 87.3 Å². The van der Waals surface area contributed by atoms with Crippen LogP contribution in [0.25, 0.3) is 0 Å². The number of carbonyl (C=O) groups excluding carboxylic acids is 2. The first-order valence-corrected chi connectivity index (χ1v) is 5.28. The molecule has 0 atom stereocenters. The molecule has 2 rings (SSSR count). The molecule has 1 fully saturated rings. The van der Waals surface area contributed by atoms with Gasteiger partial charge in [0, 0.05) is 13.1 Å². The molecule has 1 aliphatic heterocycles. The van der Waals surface area contributed by atoms with E-state index in [0.29, 0.717) is 13.1 Å². The first-order valence-electron chi connectivity index (χ1n) is 5.28. The minimum Gasteiger partial charge on any atom is -0.391 e. The van der Waals surface area contributed by atoms with Gasteiger partial charge in [0.25, 0.3) is 0 Å². The van der Waals surface area contributed by atoms with Crippen molar-refractivity contribution in [2.24, 2.45) is 0 Å². The van der Waals surface area contributed by atoms with Crippen LogP contribution in [-0.4, -0.2) is 45.5 Å². The highest BCUT2D eigenvalue weighted by molar-refractivity contribution is 5.90. The Labute approximate surface area is 98.2 Å². The first kappa shape index (κ1) is 11.4. The quantitative estimate of drug-likeness (QED) is 0.727. The predicted octanol–water partition coefficient (Wildman–Crippen LogP) is 0.119. The second-order valence-corrected chi connectivity index (χ2v) is 4.25. The predicted molar refractivity (Wildman–Crippen MR) is 58.4 cm³/mol. The van der Waals surface area contributed by atoms with Crippen LogP contribution in [0.15, 0.2) is 12.5 Å². The Morgan fingerprint density at radius 1 is 1.59 bits per heavy atom. The van der Waals surface area contributed by atoms with Crippen molar-refractivity contribution in [3.8, 4) is 5.88 Å². The van der Waals surface area contributed by atoms with Gasteiger partial charge in [-0.15, -0.1) is 0 Å². The number of aromatic nitrogens is 2. The number of nitrogens with zero attached hydrogens (tertiary/aromatic N) is 2. The molecule has 1 aromatic rings. The highest BCUT2D eigenvalue weighted by atomic mass is 16.6. The molecule has 7 nitrogen and oxygen atoms in total. The van der Waals surface area contributed by atoms with Crippen molar-refractivity contribution in [3.63, 3.8) is 0 Å². The number of imidazole rings is 1. The van der Waals surface area contributed by atoms with Gasteiger partial charge in [-0.3, -0.25) is 9.69 Å². The third-order valence-electron chi connectivity index (χ3n) is 2.74. The molecule has 0 radical (unpaired) electrons. The van der Waals surface area contributed by atoms with E-state index in [1.807, 2.05) is 0 Å². The van der Waals surface area contributed by atoms with E-state index in [1.165, 1.54) is 17.4 Å². The fourth-order valence-corrected chi connectivity index (χ4v) is 1.67. The number of amides is 2. The van der Waals surface area contributed by atoms with Crippen LogP contribution in [0.3, 0.4) is 0 Å². The largest absolute Gasteiger partial charge is 0.417 e. The average molecular weight is 238 g/mol. The van der Waals surface area contributed by atoms with Crippen LogP contribution in [0, 0.1) is 0 Å². The fraction of sp³-hybridized carbons (Fsp3) is 0.500. The van der Waals surface area contributed by atoms with Crippen molar-refractivity contribution in [1.82, 2.24) is 20.2 Å². The maximum Gasteiger partial charge on any atom is 0.417 e. The molecular weight excluding hydrogens is 224 g/mol. The molecule has 92 valence electrons. The van der Waals surface area contributed by atoms with Crippen LogP contribution in [-0.2, 0) is 4.79 Å². The SMILES string of the molecule is CC1(C)C(=O)NCCN1C(=O)Oc1cnc[nH]1. The van der Waals surface area contributed by atoms with Crippen LogP contribution in [0.4, 0.5) is 4.79 Å². The zero-order valence-corrected chi connectivity index (χ0v) is 9.69. The lowest BCUT2D eigenvalue weighted by Crippen LogP contribution is -2.63. The number of hydrogen-bond acceptors (Lipinski definition) is 4. The summed E-state index contributed by atoms with van der Waals surface area (Å²) in [5.41, 5.74) is -0.907. The van der Waals surface area contributed by atoms with Gasteiger partial charge in [0.2, 0.25) is 11.8 Å². The number of rotatable bonds is 1. The highest BCUT2D eigenvalue weighted by Gasteiger charge is 2.41. The Bertz CT molecular complexity index is 427. The summed E-state index contributed by atoms with van der Waals surface area (Å²) in [6, 6.07) is 0. The molecule has 7 heteroatoms. The van der Waals surface area contributed by atoms with Crippen molar-refractivity contribution in [3.05, 3.63) is 12.5 Å². The van der Waals surface area contributed by atoms with E-state index in [9.17, 15) is 9.59 Å². The molecule has 0 aliphatic carbocycles. The van der Waals surface area contributed by atoms with Crippen molar-refractivity contribution in [2.75, 3.05) is 13.1 Å². The second-order valence-electron chi connectivity index (χ2n) is 4.25. The van der Waals surface area contributed by atoms with Gasteiger partial charge in [-0.25, -0.2) is 9.78 Å². The van der Waals surface area contributed by atoms with Gasteiger partial charge in [0.1, 0.15) is 5.54 Å². The minimum atomic E-state index is -0.907. The van der Waals surface area contributed by atoms with Crippen LogP contribution in [0.2, 0.25) is 0 Å². The van der Waals surface area contributed by atoms with E-state index < -0.39 is 11.6 Å². The van der Waals surface area contributed by atoms with E-state index in [2.05, 4.69) is 15.3 Å². The number of H-pyrrole nitrogens is 1. The summed E-state index contributed by atoms with van der Waals surface area (Å²) in [5, 5.41) is 2.71. The van der Waals surface area contributed by atoms with E-state index in [0.717, 1.165) is 0 Å². The Morgan fingerprint density at radius 2 is 2.35 bits per heavy atom. The number of piperazine rings is 1. The third-order valence-corrected chi connectivity index (χ3v) is 2.74. The Morgan fingerprint density at radius 3 is 3.00 bits per heavy atom. The molecule has 1 saturated heterocycles. The lowest BCUT2D eigenvalue weighted by molar-refractivity contribution is -0.133. The minimum absolute atomic E-state index is 0.190. The molecular formula is C10H14N4O3. The smallest absolute Gasteiger partial charge is 0.391 e. The Kier molecular flexibility index (Phi) is 2.74. The molecule has 0 bridgehead atoms. The summed E-state index contributed by atoms with van der Waals surface area (Å²) in [5.74, 6) is 0.0714. The van der Waals surface area contributed by atoms with Crippen LogP contribution in [0.1, 0.15) is 13.8 Å². The van der Waals surface area contributed by atoms with Crippen LogP contribution < -0.4 is 10.1 Å². The van der Waals surface area contributed by atoms with Gasteiger partial charge < -0.3 is 15.0 Å². The van der Waals surface area contributed by atoms with Gasteiger partial charge in [-0.05, 0) is 13.8 Å². The van der Waals surface area contributed by atoms with Gasteiger partial charge in [0.05, 0.1) is 12.5 Å². The molecule has 1 aliphatic rings. The molecule has 1 aromatic heterocycles. The molecule has 2 heterocycles. The maximum absolute atomic E-state index is 11.9. The number of aromatic amines is 1. The fourth-order valence-electron chi connectivity index (χ4n) is 1.67. The van der Waals surface area contributed by atoms with Gasteiger partial charge >= 0.3 is 6.09 Å². The Balaban J connectivity index is 2.10. The lowest BCUT2D eigenvalue weighted by Gasteiger charge is -2.39. The zero-order chi connectivity index (χ0) is 12.5. The number of nitrogens with one attached hydrogen (secondary N) is 2. The molecule has 0 spiro atoms. The summed E-state index contributed by atoms with van der Waals surface area (Å²) in [4.78, 5) is 31.4. The summed E-state index contributed by atoms with van der Waals surface area (Å²) in [6.07, 6.45) is 2.25. The summed E-state index contributed by atoms with van der Waals surface area (Å²) in [6.45, 7) is 4.21. The summed E-state index contributed by atoms with van der Waals surface area (Å²) < 4.78 is 5.07. The van der Waals surface area contributed by atoms with E-state index in [-0.39, 0.29) is 11.8 Å². The normalized spacial score (nSPS) is 18.7. The molecule has 2 N–H and O–H groups in total. The van der Waals surface area contributed by atoms with E-state index in [1.54, 1.807) is 13.8 Å². The number of ether oxygens (including phenoxy) is 1. The van der Waals surface area contributed by atoms with Crippen LogP contribution in [0.5, 0.6) is 5.88 Å². The van der Waals surface area contributed by atoms with Crippen molar-refractivity contribution >= 4 is 12.0 Å². The molecule has 0 aromatic carbocycles. The standard InChI is InChI=1S/C10H14N4O3/c1-10(2)8(15)12-3-4-14(10)9(16)17-7-5-11-6-13-7/h5-6H,3-4H2,1-2H3,(H,11,13)(H,12,15). The van der Waals surface area contributed by atoms with E-state index in [4.69, 9.17) is 4.74 Å². The van der Waals surface area contributed by atoms with Crippen molar-refractivity contribution in [1.29, 1.82) is 0 Å². The van der Waals surface area contributed by atoms with E-state index >= 15 is 0 Å². The molecule has 0 unspecified atom stereocenters. The zero-order valence-electron chi connectivity index (χ0n) is 9.69. The van der Waals surface area contributed by atoms with Gasteiger partial charge in [-0.2, -0.15) is 0 Å². The monoisotopic (exact) mass is 238 g/mol. The third kappa shape index (κ3) is 2.08. The van der Waals surface area contributed by atoms with Gasteiger partial charge in [0.15, 0.2) is 0 Å². The van der Waals surface area contributed by atoms with Crippen molar-refractivity contribution in [2.45, 2.75) is 19.4 Å². The average Bonchev–Trinajstić information content (AvgIpc) is 2.74. The lowest BCUT2D eigenvalue weighted by atomic mass is 10.00. The van der Waals surface area contributed by atoms with Crippen molar-refractivity contribution < 1.29 is 14.3 Å².